The molecule has 1 N–H and O–H groups in total. The van der Waals surface area contributed by atoms with Gasteiger partial charge in [0.15, 0.2) is 0 Å². The van der Waals surface area contributed by atoms with Gasteiger partial charge in [-0.15, -0.1) is 0 Å². The Labute approximate surface area is 122 Å². The van der Waals surface area contributed by atoms with E-state index >= 15 is 0 Å². The normalized spacial score (nSPS) is 23.0. The number of hydrazone groups is 1. The van der Waals surface area contributed by atoms with Crippen molar-refractivity contribution in [3.05, 3.63) is 34.3 Å². The molecule has 0 radical (unpaired) electrons. The van der Waals surface area contributed by atoms with Crippen molar-refractivity contribution in [2.24, 2.45) is 16.9 Å². The standard InChI is InChI=1S/C15H19BrN2O/c1-10-6-5-7-11(2)14(10)17-18-15(19)12-8-3-4-9-13(12)16/h3-4,8-11H,5-7H2,1-2H3,(H,18,19)/t10-,11-/m1/s1. The van der Waals surface area contributed by atoms with Gasteiger partial charge in [-0.1, -0.05) is 32.4 Å². The second-order valence-corrected chi connectivity index (χ2v) is 6.04. The highest BCUT2D eigenvalue weighted by molar-refractivity contribution is 9.10. The molecule has 1 amide bonds. The largest absolute Gasteiger partial charge is 0.272 e. The first-order chi connectivity index (χ1) is 9.09. The third kappa shape index (κ3) is 3.44. The first-order valence-electron chi connectivity index (χ1n) is 6.72. The highest BCUT2D eigenvalue weighted by atomic mass is 79.9. The molecule has 1 aliphatic carbocycles. The van der Waals surface area contributed by atoms with Crippen LogP contribution in [-0.2, 0) is 0 Å². The van der Waals surface area contributed by atoms with Gasteiger partial charge in [0.25, 0.3) is 5.91 Å². The molecule has 1 fully saturated rings. The van der Waals surface area contributed by atoms with Gasteiger partial charge in [0.05, 0.1) is 5.56 Å². The minimum atomic E-state index is -0.162. The smallest absolute Gasteiger partial charge is 0.267 e. The van der Waals surface area contributed by atoms with Crippen LogP contribution in [0, 0.1) is 11.8 Å². The van der Waals surface area contributed by atoms with E-state index in [0.717, 1.165) is 23.0 Å². The molecule has 1 aromatic carbocycles. The molecule has 0 heterocycles. The molecule has 2 rings (SSSR count). The Morgan fingerprint density at radius 3 is 2.53 bits per heavy atom. The monoisotopic (exact) mass is 322 g/mol. The molecule has 1 aliphatic rings. The van der Waals surface area contributed by atoms with Crippen molar-refractivity contribution in [1.82, 2.24) is 5.43 Å². The molecule has 0 saturated heterocycles. The summed E-state index contributed by atoms with van der Waals surface area (Å²) in [6.45, 7) is 4.36. The topological polar surface area (TPSA) is 41.5 Å². The minimum Gasteiger partial charge on any atom is -0.267 e. The summed E-state index contributed by atoms with van der Waals surface area (Å²) in [5, 5.41) is 4.36. The van der Waals surface area contributed by atoms with Gasteiger partial charge in [0.2, 0.25) is 0 Å². The summed E-state index contributed by atoms with van der Waals surface area (Å²) >= 11 is 3.38. The van der Waals surface area contributed by atoms with Crippen molar-refractivity contribution in [2.45, 2.75) is 33.1 Å². The fourth-order valence-electron chi connectivity index (χ4n) is 2.55. The van der Waals surface area contributed by atoms with Crippen LogP contribution in [0.5, 0.6) is 0 Å². The van der Waals surface area contributed by atoms with Crippen LogP contribution in [0.4, 0.5) is 0 Å². The molecule has 0 spiro atoms. The molecular weight excluding hydrogens is 304 g/mol. The number of hydrogen-bond acceptors (Lipinski definition) is 2. The van der Waals surface area contributed by atoms with E-state index in [0.29, 0.717) is 17.4 Å². The second kappa shape index (κ2) is 6.33. The molecular formula is C15H19BrN2O. The van der Waals surface area contributed by atoms with Crippen molar-refractivity contribution >= 4 is 27.5 Å². The summed E-state index contributed by atoms with van der Waals surface area (Å²) in [6.07, 6.45) is 3.57. The van der Waals surface area contributed by atoms with Gasteiger partial charge < -0.3 is 0 Å². The van der Waals surface area contributed by atoms with E-state index in [1.54, 1.807) is 6.07 Å². The SMILES string of the molecule is C[C@@H]1CCC[C@@H](C)C1=NNC(=O)c1ccccc1Br. The molecule has 102 valence electrons. The molecule has 1 aromatic rings. The van der Waals surface area contributed by atoms with Gasteiger partial charge in [0, 0.05) is 10.2 Å². The average molecular weight is 323 g/mol. The van der Waals surface area contributed by atoms with Crippen molar-refractivity contribution in [3.8, 4) is 0 Å². The van der Waals surface area contributed by atoms with E-state index in [1.807, 2.05) is 18.2 Å². The summed E-state index contributed by atoms with van der Waals surface area (Å²) in [4.78, 5) is 12.1. The van der Waals surface area contributed by atoms with E-state index in [1.165, 1.54) is 6.42 Å². The predicted molar refractivity (Wildman–Crippen MR) is 81.2 cm³/mol. The number of carbonyl (C=O) groups excluding carboxylic acids is 1. The zero-order valence-electron chi connectivity index (χ0n) is 11.3. The Balaban J connectivity index is 2.09. The van der Waals surface area contributed by atoms with E-state index in [9.17, 15) is 4.79 Å². The molecule has 0 aromatic heterocycles. The van der Waals surface area contributed by atoms with Crippen LogP contribution in [0.15, 0.2) is 33.8 Å². The fourth-order valence-corrected chi connectivity index (χ4v) is 3.02. The van der Waals surface area contributed by atoms with E-state index in [4.69, 9.17) is 0 Å². The number of hydrogen-bond donors (Lipinski definition) is 1. The number of rotatable bonds is 2. The first-order valence-corrected chi connectivity index (χ1v) is 7.51. The molecule has 19 heavy (non-hydrogen) atoms. The van der Waals surface area contributed by atoms with Crippen molar-refractivity contribution in [1.29, 1.82) is 0 Å². The number of benzene rings is 1. The maximum Gasteiger partial charge on any atom is 0.272 e. The highest BCUT2D eigenvalue weighted by Gasteiger charge is 2.23. The van der Waals surface area contributed by atoms with E-state index in [2.05, 4.69) is 40.3 Å². The number of amides is 1. The van der Waals surface area contributed by atoms with Crippen LogP contribution in [-0.4, -0.2) is 11.6 Å². The van der Waals surface area contributed by atoms with Crippen LogP contribution in [0.3, 0.4) is 0 Å². The van der Waals surface area contributed by atoms with Crippen molar-refractivity contribution < 1.29 is 4.79 Å². The highest BCUT2D eigenvalue weighted by Crippen LogP contribution is 2.26. The lowest BCUT2D eigenvalue weighted by Gasteiger charge is -2.26. The number of halogens is 1. The lowest BCUT2D eigenvalue weighted by atomic mass is 9.81. The summed E-state index contributed by atoms with van der Waals surface area (Å²) in [7, 11) is 0. The Hall–Kier alpha value is -1.16. The summed E-state index contributed by atoms with van der Waals surface area (Å²) in [5.74, 6) is 0.761. The van der Waals surface area contributed by atoms with Gasteiger partial charge >= 0.3 is 0 Å². The zero-order chi connectivity index (χ0) is 13.8. The molecule has 2 atom stereocenters. The summed E-state index contributed by atoms with van der Waals surface area (Å²) in [5.41, 5.74) is 4.42. The third-order valence-electron chi connectivity index (χ3n) is 3.69. The van der Waals surface area contributed by atoms with Crippen molar-refractivity contribution in [2.75, 3.05) is 0 Å². The molecule has 0 unspecified atom stereocenters. The van der Waals surface area contributed by atoms with Gasteiger partial charge in [-0.3, -0.25) is 4.79 Å². The Morgan fingerprint density at radius 1 is 1.26 bits per heavy atom. The molecule has 3 nitrogen and oxygen atoms in total. The lowest BCUT2D eigenvalue weighted by Crippen LogP contribution is -2.29. The maximum absolute atomic E-state index is 12.1. The molecule has 0 bridgehead atoms. The summed E-state index contributed by atoms with van der Waals surface area (Å²) in [6, 6.07) is 7.37. The zero-order valence-corrected chi connectivity index (χ0v) is 12.9. The quantitative estimate of drug-likeness (QED) is 0.822. The molecule has 4 heteroatoms. The second-order valence-electron chi connectivity index (χ2n) is 5.19. The van der Waals surface area contributed by atoms with Crippen LogP contribution >= 0.6 is 15.9 Å². The average Bonchev–Trinajstić information content (AvgIpc) is 2.38. The van der Waals surface area contributed by atoms with Crippen LogP contribution in [0.1, 0.15) is 43.5 Å². The Morgan fingerprint density at radius 2 is 1.89 bits per heavy atom. The van der Waals surface area contributed by atoms with Crippen LogP contribution < -0.4 is 5.43 Å². The number of nitrogens with one attached hydrogen (secondary N) is 1. The molecule has 0 aliphatic heterocycles. The summed E-state index contributed by atoms with van der Waals surface area (Å²) < 4.78 is 0.789. The van der Waals surface area contributed by atoms with Gasteiger partial charge in [-0.25, -0.2) is 5.43 Å². The first kappa shape index (κ1) is 14.3. The van der Waals surface area contributed by atoms with Gasteiger partial charge in [0.1, 0.15) is 0 Å². The van der Waals surface area contributed by atoms with Gasteiger partial charge in [-0.05, 0) is 52.7 Å². The predicted octanol–water partition coefficient (Wildman–Crippen LogP) is 3.99. The number of carbonyl (C=O) groups is 1. The maximum atomic E-state index is 12.1. The fraction of sp³-hybridized carbons (Fsp3) is 0.467. The van der Waals surface area contributed by atoms with Gasteiger partial charge in [-0.2, -0.15) is 5.10 Å². The molecule has 1 saturated carbocycles. The van der Waals surface area contributed by atoms with Crippen molar-refractivity contribution in [3.63, 3.8) is 0 Å². The van der Waals surface area contributed by atoms with Crippen LogP contribution in [0.2, 0.25) is 0 Å². The minimum absolute atomic E-state index is 0.162. The Bertz CT molecular complexity index is 487. The third-order valence-corrected chi connectivity index (χ3v) is 4.38. The lowest BCUT2D eigenvalue weighted by molar-refractivity contribution is 0.0953. The van der Waals surface area contributed by atoms with E-state index in [-0.39, 0.29) is 5.91 Å². The van der Waals surface area contributed by atoms with E-state index < -0.39 is 0 Å². The van der Waals surface area contributed by atoms with Crippen LogP contribution in [0.25, 0.3) is 0 Å². The Kier molecular flexibility index (Phi) is 4.75. The number of nitrogens with zero attached hydrogens (tertiary/aromatic N) is 1.